The van der Waals surface area contributed by atoms with E-state index < -0.39 is 0 Å². The fourth-order valence-corrected chi connectivity index (χ4v) is 5.83. The summed E-state index contributed by atoms with van der Waals surface area (Å²) in [5.74, 6) is 1.03. The minimum Gasteiger partial charge on any atom is -1.00 e. The molecule has 0 unspecified atom stereocenters. The number of aromatic hydroxyl groups is 2. The lowest BCUT2D eigenvalue weighted by Crippen LogP contribution is -3.13. The molecular formula is C30H36ClNO4S. The first-order valence-corrected chi connectivity index (χ1v) is 12.6. The van der Waals surface area contributed by atoms with E-state index in [2.05, 4.69) is 0 Å². The number of quaternary nitrogens is 1. The number of carbonyl (C=O) groups is 1. The largest absolute Gasteiger partial charge is 1.00 e. The van der Waals surface area contributed by atoms with Gasteiger partial charge in [-0.15, -0.1) is 11.3 Å². The molecule has 0 atom stereocenters. The third-order valence-corrected chi connectivity index (χ3v) is 7.63. The van der Waals surface area contributed by atoms with Crippen molar-refractivity contribution < 1.29 is 37.1 Å². The van der Waals surface area contributed by atoms with Crippen LogP contribution in [0.25, 0.3) is 20.5 Å². The Balaban J connectivity index is 0.00000160. The normalized spacial score (nSPS) is 13.2. The summed E-state index contributed by atoms with van der Waals surface area (Å²) in [6.07, 6.45) is 3.94. The van der Waals surface area contributed by atoms with Crippen molar-refractivity contribution >= 4 is 27.2 Å². The maximum Gasteiger partial charge on any atom is 0.195 e. The number of ether oxygens (including phenoxy) is 1. The topological polar surface area (TPSA) is 71.2 Å². The summed E-state index contributed by atoms with van der Waals surface area (Å²) in [4.78, 5) is 16.1. The molecule has 4 aromatic rings. The van der Waals surface area contributed by atoms with Crippen molar-refractivity contribution in [1.82, 2.24) is 0 Å². The molecule has 0 radical (unpaired) electrons. The number of fused-ring (bicyclic) bond motifs is 1. The van der Waals surface area contributed by atoms with Gasteiger partial charge in [-0.05, 0) is 91.6 Å². The molecule has 0 saturated carbocycles. The number of likely N-dealkylation sites (tertiary alicyclic amines) is 1. The summed E-state index contributed by atoms with van der Waals surface area (Å²) in [7, 11) is 0. The molecule has 3 aromatic carbocycles. The highest BCUT2D eigenvalue weighted by atomic mass is 35.5. The fourth-order valence-electron chi connectivity index (χ4n) is 4.59. The van der Waals surface area contributed by atoms with Gasteiger partial charge in [0.1, 0.15) is 30.4 Å². The molecule has 37 heavy (non-hydrogen) atoms. The zero-order chi connectivity index (χ0) is 23.5. The van der Waals surface area contributed by atoms with Gasteiger partial charge in [0.2, 0.25) is 0 Å². The van der Waals surface area contributed by atoms with E-state index in [-0.39, 0.29) is 44.5 Å². The number of phenolic OH excluding ortho intramolecular Hbond substituents is 2. The standard InChI is InChI=1S/C28H27NO4S.2CH4.ClH/c30-21-8-4-20(5-9-21)28-26(24-13-10-22(31)18-25(24)34-28)27(32)19-6-11-23(12-7-19)33-17-16-29-14-2-1-3-15-29;;;/h4-13,18,30-31H,1-3,14-17H2;2*1H4;1H. The minimum atomic E-state index is -0.0793. The summed E-state index contributed by atoms with van der Waals surface area (Å²) in [5, 5.41) is 20.4. The summed E-state index contributed by atoms with van der Waals surface area (Å²) in [6.45, 7) is 4.13. The van der Waals surface area contributed by atoms with Gasteiger partial charge in [-0.25, -0.2) is 0 Å². The van der Waals surface area contributed by atoms with Crippen molar-refractivity contribution in [3.05, 3.63) is 77.9 Å². The minimum absolute atomic E-state index is 0. The number of ketones is 1. The lowest BCUT2D eigenvalue weighted by atomic mass is 9.97. The highest BCUT2D eigenvalue weighted by Gasteiger charge is 2.22. The second-order valence-corrected chi connectivity index (χ2v) is 9.85. The average Bonchev–Trinajstić information content (AvgIpc) is 3.23. The second-order valence-electron chi connectivity index (χ2n) is 8.80. The van der Waals surface area contributed by atoms with Crippen molar-refractivity contribution in [2.75, 3.05) is 26.2 Å². The molecule has 0 spiro atoms. The van der Waals surface area contributed by atoms with E-state index in [1.165, 1.54) is 43.7 Å². The van der Waals surface area contributed by atoms with Crippen LogP contribution in [-0.2, 0) is 0 Å². The van der Waals surface area contributed by atoms with Crippen molar-refractivity contribution in [2.45, 2.75) is 34.1 Å². The SMILES string of the molecule is C.C.O=C(c1ccc(OCC[NH+]2CCCCC2)cc1)c1c(-c2ccc(O)cc2)sc2cc(O)ccc12.[Cl-]. The van der Waals surface area contributed by atoms with E-state index in [4.69, 9.17) is 4.74 Å². The van der Waals surface area contributed by atoms with Crippen LogP contribution in [0.5, 0.6) is 17.2 Å². The van der Waals surface area contributed by atoms with E-state index in [0.717, 1.165) is 32.8 Å². The number of piperidine rings is 1. The van der Waals surface area contributed by atoms with Crippen LogP contribution in [0, 0.1) is 0 Å². The number of halogens is 1. The first-order valence-electron chi connectivity index (χ1n) is 11.7. The fraction of sp³-hybridized carbons (Fsp3) is 0.300. The van der Waals surface area contributed by atoms with Crippen LogP contribution in [0.3, 0.4) is 0 Å². The predicted molar refractivity (Wildman–Crippen MR) is 149 cm³/mol. The van der Waals surface area contributed by atoms with E-state index in [0.29, 0.717) is 17.7 Å². The molecule has 198 valence electrons. The van der Waals surface area contributed by atoms with E-state index in [1.54, 1.807) is 47.4 Å². The van der Waals surface area contributed by atoms with Gasteiger partial charge >= 0.3 is 0 Å². The van der Waals surface area contributed by atoms with Gasteiger partial charge in [-0.3, -0.25) is 4.79 Å². The first-order chi connectivity index (χ1) is 16.6. The summed E-state index contributed by atoms with van der Waals surface area (Å²) < 4.78 is 6.78. The molecule has 7 heteroatoms. The highest BCUT2D eigenvalue weighted by molar-refractivity contribution is 7.22. The molecule has 1 aliphatic rings. The quantitative estimate of drug-likeness (QED) is 0.315. The number of hydrogen-bond donors (Lipinski definition) is 3. The van der Waals surface area contributed by atoms with Crippen molar-refractivity contribution in [1.29, 1.82) is 0 Å². The Morgan fingerprint density at radius 3 is 2.19 bits per heavy atom. The Labute approximate surface area is 229 Å². The monoisotopic (exact) mass is 541 g/mol. The van der Waals surface area contributed by atoms with Gasteiger partial charge in [-0.1, -0.05) is 14.9 Å². The Bertz CT molecular complexity index is 1300. The predicted octanol–water partition coefficient (Wildman–Crippen LogP) is 2.93. The van der Waals surface area contributed by atoms with E-state index in [9.17, 15) is 15.0 Å². The number of phenols is 2. The number of carbonyl (C=O) groups excluding carboxylic acids is 1. The van der Waals surface area contributed by atoms with Gasteiger partial charge < -0.3 is 32.3 Å². The number of thiophene rings is 1. The highest BCUT2D eigenvalue weighted by Crippen LogP contribution is 2.41. The van der Waals surface area contributed by atoms with Crippen molar-refractivity contribution in [2.24, 2.45) is 0 Å². The molecular weight excluding hydrogens is 506 g/mol. The van der Waals surface area contributed by atoms with Crippen LogP contribution >= 0.6 is 11.3 Å². The third-order valence-electron chi connectivity index (χ3n) is 6.43. The first kappa shape index (κ1) is 30.2. The molecule has 1 saturated heterocycles. The van der Waals surface area contributed by atoms with E-state index >= 15 is 0 Å². The molecule has 1 fully saturated rings. The van der Waals surface area contributed by atoms with Gasteiger partial charge in [0.25, 0.3) is 0 Å². The maximum atomic E-state index is 13.6. The smallest absolute Gasteiger partial charge is 0.195 e. The summed E-state index contributed by atoms with van der Waals surface area (Å²) >= 11 is 1.46. The maximum absolute atomic E-state index is 13.6. The van der Waals surface area contributed by atoms with Crippen molar-refractivity contribution in [3.63, 3.8) is 0 Å². The third kappa shape index (κ3) is 6.83. The Morgan fingerprint density at radius 1 is 0.865 bits per heavy atom. The average molecular weight is 542 g/mol. The van der Waals surface area contributed by atoms with Gasteiger partial charge in [-0.2, -0.15) is 0 Å². The molecule has 0 amide bonds. The van der Waals surface area contributed by atoms with Crippen LogP contribution in [0.4, 0.5) is 0 Å². The summed E-state index contributed by atoms with van der Waals surface area (Å²) in [6, 6.07) is 19.3. The molecule has 3 N–H and O–H groups in total. The van der Waals surface area contributed by atoms with Crippen molar-refractivity contribution in [3.8, 4) is 27.7 Å². The molecule has 1 aromatic heterocycles. The zero-order valence-corrected chi connectivity index (χ0v) is 20.9. The lowest BCUT2D eigenvalue weighted by molar-refractivity contribution is -0.904. The van der Waals surface area contributed by atoms with Gasteiger partial charge in [0, 0.05) is 26.1 Å². The molecule has 5 nitrogen and oxygen atoms in total. The number of rotatable bonds is 7. The Hall–Kier alpha value is -3.06. The van der Waals surface area contributed by atoms with E-state index in [1.807, 2.05) is 24.3 Å². The molecule has 0 bridgehead atoms. The van der Waals surface area contributed by atoms with Crippen LogP contribution in [0.1, 0.15) is 50.0 Å². The van der Waals surface area contributed by atoms with Crippen LogP contribution < -0.4 is 22.0 Å². The van der Waals surface area contributed by atoms with Crippen LogP contribution in [0.15, 0.2) is 66.7 Å². The summed E-state index contributed by atoms with van der Waals surface area (Å²) in [5.41, 5.74) is 2.04. The number of hydrogen-bond acceptors (Lipinski definition) is 5. The lowest BCUT2D eigenvalue weighted by Gasteiger charge is -2.23. The zero-order valence-electron chi connectivity index (χ0n) is 19.3. The molecule has 2 heterocycles. The Morgan fingerprint density at radius 2 is 1.51 bits per heavy atom. The van der Waals surface area contributed by atoms with Gasteiger partial charge in [0.05, 0.1) is 13.1 Å². The molecule has 5 rings (SSSR count). The Kier molecular flexibility index (Phi) is 11.0. The molecule has 1 aliphatic heterocycles. The second kappa shape index (κ2) is 13.5. The molecule has 0 aliphatic carbocycles. The number of benzene rings is 3. The van der Waals surface area contributed by atoms with Crippen LogP contribution in [0.2, 0.25) is 0 Å². The number of nitrogens with one attached hydrogen (secondary N) is 1. The van der Waals surface area contributed by atoms with Crippen LogP contribution in [-0.4, -0.2) is 42.2 Å². The van der Waals surface area contributed by atoms with Gasteiger partial charge in [0.15, 0.2) is 5.78 Å².